The Hall–Kier alpha value is -4.27. The molecule has 0 saturated carbocycles. The number of aliphatic hydroxyl groups excluding tert-OH is 1. The highest BCUT2D eigenvalue weighted by Crippen LogP contribution is 2.42. The Bertz CT molecular complexity index is 1370. The molecule has 4 rings (SSSR count). The van der Waals surface area contributed by atoms with Crippen molar-refractivity contribution in [2.45, 2.75) is 63.3 Å². The summed E-state index contributed by atoms with van der Waals surface area (Å²) in [6, 6.07) is 25.1. The Balaban J connectivity index is 1.48. The van der Waals surface area contributed by atoms with Crippen molar-refractivity contribution in [3.05, 3.63) is 113 Å². The summed E-state index contributed by atoms with van der Waals surface area (Å²) in [4.78, 5) is 25.5. The van der Waals surface area contributed by atoms with Crippen LogP contribution >= 0.6 is 0 Å². The summed E-state index contributed by atoms with van der Waals surface area (Å²) in [5.74, 6) is -1.79. The van der Waals surface area contributed by atoms with Crippen LogP contribution in [0.15, 0.2) is 96.3 Å². The Morgan fingerprint density at radius 1 is 1.00 bits per heavy atom. The van der Waals surface area contributed by atoms with Gasteiger partial charge in [-0.05, 0) is 48.1 Å². The molecule has 2 N–H and O–H groups in total. The highest BCUT2D eigenvalue weighted by atomic mass is 19.4. The number of hydrogen-bond acceptors (Lipinski definition) is 5. The summed E-state index contributed by atoms with van der Waals surface area (Å²) in [5, 5.41) is 13.7. The number of benzene rings is 3. The molecule has 0 saturated heterocycles. The minimum atomic E-state index is -4.44. The van der Waals surface area contributed by atoms with E-state index in [1.165, 1.54) is 0 Å². The van der Waals surface area contributed by atoms with E-state index in [0.717, 1.165) is 11.1 Å². The zero-order valence-corrected chi connectivity index (χ0v) is 22.6. The summed E-state index contributed by atoms with van der Waals surface area (Å²) in [7, 11) is 0. The fourth-order valence-electron chi connectivity index (χ4n) is 4.95. The molecule has 1 heterocycles. The molecule has 0 spiro atoms. The van der Waals surface area contributed by atoms with Crippen molar-refractivity contribution < 1.29 is 37.3 Å². The van der Waals surface area contributed by atoms with Crippen LogP contribution in [0.2, 0.25) is 0 Å². The van der Waals surface area contributed by atoms with Gasteiger partial charge in [-0.15, -0.1) is 0 Å². The first-order valence-electron chi connectivity index (χ1n) is 13.4. The van der Waals surface area contributed by atoms with Gasteiger partial charge in [0.1, 0.15) is 18.0 Å². The summed E-state index contributed by atoms with van der Waals surface area (Å²) in [5.41, 5.74) is 1.23. The van der Waals surface area contributed by atoms with Crippen molar-refractivity contribution in [3.8, 4) is 0 Å². The van der Waals surface area contributed by atoms with Crippen molar-refractivity contribution in [1.29, 1.82) is 0 Å². The van der Waals surface area contributed by atoms with Gasteiger partial charge in [0.05, 0.1) is 5.57 Å². The highest BCUT2D eigenvalue weighted by molar-refractivity contribution is 5.92. The zero-order valence-electron chi connectivity index (χ0n) is 22.6. The molecule has 0 fully saturated rings. The molecular weight excluding hydrogens is 535 g/mol. The van der Waals surface area contributed by atoms with Crippen molar-refractivity contribution in [3.63, 3.8) is 0 Å². The molecule has 0 radical (unpaired) electrons. The number of rotatable bonds is 10. The minimum Gasteiger partial charge on any atom is -0.512 e. The van der Waals surface area contributed by atoms with Gasteiger partial charge < -0.3 is 14.6 Å². The van der Waals surface area contributed by atoms with Gasteiger partial charge in [-0.25, -0.2) is 9.59 Å². The van der Waals surface area contributed by atoms with Gasteiger partial charge in [-0.1, -0.05) is 79.7 Å². The van der Waals surface area contributed by atoms with Crippen LogP contribution < -0.4 is 5.32 Å². The number of alkyl halides is 3. The number of nitrogens with one attached hydrogen (secondary N) is 1. The first kappa shape index (κ1) is 29.7. The number of aryl methyl sites for hydroxylation is 1. The molecule has 9 heteroatoms. The van der Waals surface area contributed by atoms with Crippen LogP contribution in [0.5, 0.6) is 0 Å². The Kier molecular flexibility index (Phi) is 9.37. The van der Waals surface area contributed by atoms with Gasteiger partial charge in [-0.2, -0.15) is 13.2 Å². The Morgan fingerprint density at radius 3 is 2.29 bits per heavy atom. The highest BCUT2D eigenvalue weighted by Gasteiger charge is 2.45. The maximum atomic E-state index is 13.2. The van der Waals surface area contributed by atoms with Crippen molar-refractivity contribution >= 4 is 17.7 Å². The predicted octanol–water partition coefficient (Wildman–Crippen LogP) is 8.01. The molecular formula is C32H32F3NO5. The van der Waals surface area contributed by atoms with E-state index >= 15 is 0 Å². The number of aliphatic hydroxyl groups is 1. The van der Waals surface area contributed by atoms with Crippen molar-refractivity contribution in [2.24, 2.45) is 0 Å². The Morgan fingerprint density at radius 2 is 1.66 bits per heavy atom. The van der Waals surface area contributed by atoms with Gasteiger partial charge in [0, 0.05) is 24.4 Å². The van der Waals surface area contributed by atoms with Crippen LogP contribution in [0, 0.1) is 0 Å². The third-order valence-corrected chi connectivity index (χ3v) is 7.18. The number of ether oxygens (including phenoxy) is 2. The molecule has 2 unspecified atom stereocenters. The molecule has 3 aromatic carbocycles. The molecule has 1 amide bonds. The lowest BCUT2D eigenvalue weighted by atomic mass is 9.81. The van der Waals surface area contributed by atoms with Gasteiger partial charge in [0.25, 0.3) is 0 Å². The molecule has 1 aliphatic rings. The number of esters is 1. The molecule has 0 aromatic heterocycles. The fraction of sp³-hybridized carbons (Fsp3) is 0.312. The first-order valence-corrected chi connectivity index (χ1v) is 13.4. The topological polar surface area (TPSA) is 84.9 Å². The van der Waals surface area contributed by atoms with E-state index in [9.17, 15) is 27.9 Å². The zero-order chi connectivity index (χ0) is 29.5. The van der Waals surface area contributed by atoms with Crippen LogP contribution in [0.1, 0.15) is 55.2 Å². The van der Waals surface area contributed by atoms with E-state index < -0.39 is 42.6 Å². The third kappa shape index (κ3) is 8.36. The summed E-state index contributed by atoms with van der Waals surface area (Å²) in [6.45, 7) is 1.78. The number of anilines is 1. The standard InChI is InChI=1S/C32H32F3NO5/c1-22(25-13-8-14-26(19-25)36-30(39)40-21-24-11-6-3-7-12-24)28-27(37)20-31(41-29(28)38,17-18-32(33,34)35)16-15-23-9-4-2-5-10-23/h2-14,19,22,37H,15-18,20-21H2,1H3,(H,36,39). The van der Waals surface area contributed by atoms with E-state index in [-0.39, 0.29) is 30.8 Å². The minimum absolute atomic E-state index is 0.0175. The second-order valence-electron chi connectivity index (χ2n) is 10.2. The van der Waals surface area contributed by atoms with Crippen LogP contribution in [-0.2, 0) is 27.3 Å². The average molecular weight is 568 g/mol. The van der Waals surface area contributed by atoms with Crippen molar-refractivity contribution in [1.82, 2.24) is 0 Å². The lowest BCUT2D eigenvalue weighted by Crippen LogP contribution is -2.42. The number of halogens is 3. The van der Waals surface area contributed by atoms with E-state index in [2.05, 4.69) is 5.32 Å². The lowest BCUT2D eigenvalue weighted by Gasteiger charge is -2.38. The third-order valence-electron chi connectivity index (χ3n) is 7.18. The van der Waals surface area contributed by atoms with Crippen molar-refractivity contribution in [2.75, 3.05) is 5.32 Å². The number of carbonyl (C=O) groups is 2. The molecule has 2 atom stereocenters. The van der Waals surface area contributed by atoms with E-state index in [1.54, 1.807) is 31.2 Å². The molecule has 41 heavy (non-hydrogen) atoms. The fourth-order valence-corrected chi connectivity index (χ4v) is 4.95. The van der Waals surface area contributed by atoms with Crippen LogP contribution in [0.4, 0.5) is 23.7 Å². The van der Waals surface area contributed by atoms with Crippen LogP contribution in [0.3, 0.4) is 0 Å². The Labute approximate surface area is 236 Å². The van der Waals surface area contributed by atoms with Crippen LogP contribution in [0.25, 0.3) is 0 Å². The molecule has 1 aliphatic heterocycles. The average Bonchev–Trinajstić information content (AvgIpc) is 2.94. The second-order valence-corrected chi connectivity index (χ2v) is 10.2. The lowest BCUT2D eigenvalue weighted by molar-refractivity contribution is -0.173. The summed E-state index contributed by atoms with van der Waals surface area (Å²) in [6.07, 6.45) is -6.38. The largest absolute Gasteiger partial charge is 0.512 e. The molecule has 3 aromatic rings. The SMILES string of the molecule is CC(C1=C(O)CC(CCc2ccccc2)(CCC(F)(F)F)OC1=O)c1cccc(NC(=O)OCc2ccccc2)c1. The first-order chi connectivity index (χ1) is 19.5. The number of hydrogen-bond donors (Lipinski definition) is 2. The summed E-state index contributed by atoms with van der Waals surface area (Å²) >= 11 is 0. The molecule has 6 nitrogen and oxygen atoms in total. The quantitative estimate of drug-likeness (QED) is 0.243. The normalized spacial score (nSPS) is 18.0. The number of cyclic esters (lactones) is 1. The van der Waals surface area contributed by atoms with Crippen LogP contribution in [-0.4, -0.2) is 28.9 Å². The monoisotopic (exact) mass is 567 g/mol. The number of carbonyl (C=O) groups excluding carboxylic acids is 2. The second kappa shape index (κ2) is 12.9. The maximum Gasteiger partial charge on any atom is 0.411 e. The molecule has 0 bridgehead atoms. The van der Waals surface area contributed by atoms with Gasteiger partial charge >= 0.3 is 18.2 Å². The van der Waals surface area contributed by atoms with E-state index in [4.69, 9.17) is 9.47 Å². The smallest absolute Gasteiger partial charge is 0.411 e. The molecule has 0 aliphatic carbocycles. The van der Waals surface area contributed by atoms with Gasteiger partial charge in [0.15, 0.2) is 0 Å². The molecule has 216 valence electrons. The van der Waals surface area contributed by atoms with Gasteiger partial charge in [0.2, 0.25) is 0 Å². The summed E-state index contributed by atoms with van der Waals surface area (Å²) < 4.78 is 50.5. The predicted molar refractivity (Wildman–Crippen MR) is 148 cm³/mol. The van der Waals surface area contributed by atoms with Gasteiger partial charge in [-0.3, -0.25) is 5.32 Å². The number of amides is 1. The van der Waals surface area contributed by atoms with E-state index in [1.807, 2.05) is 60.7 Å². The van der Waals surface area contributed by atoms with E-state index in [0.29, 0.717) is 17.7 Å². The maximum absolute atomic E-state index is 13.2.